The van der Waals surface area contributed by atoms with E-state index in [0.717, 1.165) is 18.9 Å². The number of hydrogen-bond acceptors (Lipinski definition) is 0. The first-order chi connectivity index (χ1) is 8.13. The van der Waals surface area contributed by atoms with E-state index in [1.165, 1.54) is 31.4 Å². The Kier molecular flexibility index (Phi) is 6.49. The van der Waals surface area contributed by atoms with E-state index in [-0.39, 0.29) is 5.38 Å². The molecule has 17 heavy (non-hydrogen) atoms. The van der Waals surface area contributed by atoms with E-state index >= 15 is 0 Å². The largest absolute Gasteiger partial charge is 0.207 e. The van der Waals surface area contributed by atoms with Crippen LogP contribution in [0.4, 0.5) is 8.78 Å². The van der Waals surface area contributed by atoms with Gasteiger partial charge in [-0.25, -0.2) is 8.78 Å². The van der Waals surface area contributed by atoms with Crippen molar-refractivity contribution < 1.29 is 8.78 Å². The number of alkyl halides is 1. The minimum Gasteiger partial charge on any atom is -0.207 e. The fourth-order valence-corrected chi connectivity index (χ4v) is 2.14. The van der Waals surface area contributed by atoms with Crippen LogP contribution >= 0.6 is 11.6 Å². The molecular formula is C14H19ClF2. The van der Waals surface area contributed by atoms with Crippen LogP contribution in [0.25, 0.3) is 0 Å². The summed E-state index contributed by atoms with van der Waals surface area (Å²) in [6.45, 7) is 2.16. The summed E-state index contributed by atoms with van der Waals surface area (Å²) >= 11 is 6.15. The van der Waals surface area contributed by atoms with Crippen molar-refractivity contribution in [2.24, 2.45) is 0 Å². The van der Waals surface area contributed by atoms with Crippen LogP contribution in [0.15, 0.2) is 18.2 Å². The van der Waals surface area contributed by atoms with Crippen LogP contribution in [0.1, 0.15) is 44.6 Å². The molecule has 0 bridgehead atoms. The standard InChI is InChI=1S/C14H19ClF2/c1-2-3-4-5-6-12(15)9-11-7-8-13(16)10-14(11)17/h7-8,10,12H,2-6,9H2,1H3. The molecule has 3 heteroatoms. The lowest BCUT2D eigenvalue weighted by Crippen LogP contribution is -2.05. The van der Waals surface area contributed by atoms with E-state index in [4.69, 9.17) is 11.6 Å². The van der Waals surface area contributed by atoms with E-state index in [9.17, 15) is 8.78 Å². The van der Waals surface area contributed by atoms with Gasteiger partial charge in [-0.2, -0.15) is 0 Å². The molecule has 0 heterocycles. The number of benzene rings is 1. The maximum Gasteiger partial charge on any atom is 0.129 e. The molecule has 0 saturated carbocycles. The first-order valence-electron chi connectivity index (χ1n) is 6.21. The third-order valence-electron chi connectivity index (χ3n) is 2.83. The van der Waals surface area contributed by atoms with Crippen molar-refractivity contribution in [1.29, 1.82) is 0 Å². The van der Waals surface area contributed by atoms with Gasteiger partial charge in [-0.3, -0.25) is 0 Å². The molecule has 0 fully saturated rings. The lowest BCUT2D eigenvalue weighted by molar-refractivity contribution is 0.561. The second-order valence-electron chi connectivity index (χ2n) is 4.39. The summed E-state index contributed by atoms with van der Waals surface area (Å²) in [5.41, 5.74) is 0.502. The van der Waals surface area contributed by atoms with Gasteiger partial charge >= 0.3 is 0 Å². The second-order valence-corrected chi connectivity index (χ2v) is 5.00. The number of rotatable bonds is 7. The molecule has 1 rings (SSSR count). The highest BCUT2D eigenvalue weighted by Crippen LogP contribution is 2.18. The van der Waals surface area contributed by atoms with Crippen LogP contribution in [0.2, 0.25) is 0 Å². The Labute approximate surface area is 107 Å². The van der Waals surface area contributed by atoms with Crippen molar-refractivity contribution in [2.75, 3.05) is 0 Å². The van der Waals surface area contributed by atoms with Crippen molar-refractivity contribution >= 4 is 11.6 Å². The van der Waals surface area contributed by atoms with Crippen LogP contribution in [0.5, 0.6) is 0 Å². The summed E-state index contributed by atoms with van der Waals surface area (Å²) < 4.78 is 26.1. The summed E-state index contributed by atoms with van der Waals surface area (Å²) in [5.74, 6) is -1.04. The van der Waals surface area contributed by atoms with Gasteiger partial charge < -0.3 is 0 Å². The fraction of sp³-hybridized carbons (Fsp3) is 0.571. The SMILES string of the molecule is CCCCCCC(Cl)Cc1ccc(F)cc1F. The first-order valence-corrected chi connectivity index (χ1v) is 6.65. The van der Waals surface area contributed by atoms with Gasteiger partial charge in [-0.15, -0.1) is 11.6 Å². The Hall–Kier alpha value is -0.630. The molecule has 0 aliphatic rings. The van der Waals surface area contributed by atoms with Crippen LogP contribution in [-0.2, 0) is 6.42 Å². The summed E-state index contributed by atoms with van der Waals surface area (Å²) in [7, 11) is 0. The second kappa shape index (κ2) is 7.65. The van der Waals surface area contributed by atoms with Gasteiger partial charge in [-0.1, -0.05) is 38.7 Å². The Balaban J connectivity index is 2.37. The molecule has 0 N–H and O–H groups in total. The van der Waals surface area contributed by atoms with Gasteiger partial charge in [0.1, 0.15) is 11.6 Å². The molecule has 96 valence electrons. The van der Waals surface area contributed by atoms with Crippen molar-refractivity contribution in [3.8, 4) is 0 Å². The highest BCUT2D eigenvalue weighted by Gasteiger charge is 2.10. The number of hydrogen-bond donors (Lipinski definition) is 0. The molecule has 0 aliphatic heterocycles. The summed E-state index contributed by atoms with van der Waals surface area (Å²) in [4.78, 5) is 0. The lowest BCUT2D eigenvalue weighted by atomic mass is 10.0. The average Bonchev–Trinajstić information content (AvgIpc) is 2.28. The Bertz CT molecular complexity index is 339. The predicted octanol–water partition coefficient (Wildman–Crippen LogP) is 5.09. The van der Waals surface area contributed by atoms with Gasteiger partial charge in [0.05, 0.1) is 0 Å². The van der Waals surface area contributed by atoms with Crippen LogP contribution in [-0.4, -0.2) is 5.38 Å². The molecule has 1 aromatic carbocycles. The van der Waals surface area contributed by atoms with Crippen molar-refractivity contribution in [1.82, 2.24) is 0 Å². The van der Waals surface area contributed by atoms with Gasteiger partial charge in [0.2, 0.25) is 0 Å². The number of unbranched alkanes of at least 4 members (excludes halogenated alkanes) is 3. The zero-order chi connectivity index (χ0) is 12.7. The van der Waals surface area contributed by atoms with Gasteiger partial charge in [-0.05, 0) is 24.5 Å². The molecular weight excluding hydrogens is 242 g/mol. The normalized spacial score (nSPS) is 12.7. The first kappa shape index (κ1) is 14.4. The number of halogens is 3. The molecule has 0 aromatic heterocycles. The molecule has 0 saturated heterocycles. The summed E-state index contributed by atoms with van der Waals surface area (Å²) in [5, 5.41) is -0.0631. The molecule has 0 spiro atoms. The molecule has 0 aliphatic carbocycles. The Morgan fingerprint density at radius 2 is 1.94 bits per heavy atom. The highest BCUT2D eigenvalue weighted by atomic mass is 35.5. The average molecular weight is 261 g/mol. The predicted molar refractivity (Wildman–Crippen MR) is 68.5 cm³/mol. The van der Waals surface area contributed by atoms with Gasteiger partial charge in [0.25, 0.3) is 0 Å². The lowest BCUT2D eigenvalue weighted by Gasteiger charge is -2.10. The molecule has 1 atom stereocenters. The summed E-state index contributed by atoms with van der Waals surface area (Å²) in [6, 6.07) is 3.67. The molecule has 0 nitrogen and oxygen atoms in total. The van der Waals surface area contributed by atoms with E-state index < -0.39 is 11.6 Å². The van der Waals surface area contributed by atoms with Crippen molar-refractivity contribution in [3.63, 3.8) is 0 Å². The topological polar surface area (TPSA) is 0 Å². The minimum atomic E-state index is -0.541. The van der Waals surface area contributed by atoms with E-state index in [2.05, 4.69) is 6.92 Å². The van der Waals surface area contributed by atoms with E-state index in [0.29, 0.717) is 12.0 Å². The highest BCUT2D eigenvalue weighted by molar-refractivity contribution is 6.20. The van der Waals surface area contributed by atoms with E-state index in [1.807, 2.05) is 0 Å². The van der Waals surface area contributed by atoms with Crippen molar-refractivity contribution in [3.05, 3.63) is 35.4 Å². The zero-order valence-corrected chi connectivity index (χ0v) is 10.9. The maximum atomic E-state index is 13.4. The third-order valence-corrected chi connectivity index (χ3v) is 3.20. The fourth-order valence-electron chi connectivity index (χ4n) is 1.82. The Morgan fingerprint density at radius 3 is 2.59 bits per heavy atom. The van der Waals surface area contributed by atoms with Crippen LogP contribution < -0.4 is 0 Å². The Morgan fingerprint density at radius 1 is 1.18 bits per heavy atom. The third kappa shape index (κ3) is 5.49. The molecule has 1 aromatic rings. The molecule has 0 amide bonds. The monoisotopic (exact) mass is 260 g/mol. The smallest absolute Gasteiger partial charge is 0.129 e. The van der Waals surface area contributed by atoms with E-state index in [1.54, 1.807) is 0 Å². The molecule has 0 radical (unpaired) electrons. The summed E-state index contributed by atoms with van der Waals surface area (Å²) in [6.07, 6.45) is 6.02. The quantitative estimate of drug-likeness (QED) is 0.473. The van der Waals surface area contributed by atoms with Crippen molar-refractivity contribution in [2.45, 2.75) is 50.8 Å². The molecule has 1 unspecified atom stereocenters. The maximum absolute atomic E-state index is 13.4. The van der Waals surface area contributed by atoms with Crippen LogP contribution in [0.3, 0.4) is 0 Å². The van der Waals surface area contributed by atoms with Gasteiger partial charge in [0, 0.05) is 11.4 Å². The van der Waals surface area contributed by atoms with Gasteiger partial charge in [0.15, 0.2) is 0 Å². The minimum absolute atomic E-state index is 0.0631. The zero-order valence-electron chi connectivity index (χ0n) is 10.2. The van der Waals surface area contributed by atoms with Crippen LogP contribution in [0, 0.1) is 11.6 Å².